The van der Waals surface area contributed by atoms with Gasteiger partial charge >= 0.3 is 0 Å². The molecule has 1 fully saturated rings. The van der Waals surface area contributed by atoms with Crippen molar-refractivity contribution >= 4 is 11.8 Å². The summed E-state index contributed by atoms with van der Waals surface area (Å²) in [6.07, 6.45) is 5.22. The van der Waals surface area contributed by atoms with Gasteiger partial charge in [0.05, 0.1) is 0 Å². The van der Waals surface area contributed by atoms with E-state index in [-0.39, 0.29) is 17.9 Å². The number of nitrogens with zero attached hydrogens (tertiary/aromatic N) is 1. The second-order valence-electron chi connectivity index (χ2n) is 5.41. The SMILES string of the molecule is CCCCCN1C(=O)C(CC)(CC)NC(=O)C1CC. The van der Waals surface area contributed by atoms with E-state index in [9.17, 15) is 9.59 Å². The molecule has 1 unspecified atom stereocenters. The molecule has 1 atom stereocenters. The Labute approximate surface area is 116 Å². The first kappa shape index (κ1) is 16.0. The van der Waals surface area contributed by atoms with Crippen LogP contribution in [0, 0.1) is 0 Å². The molecular formula is C15H28N2O2. The average Bonchev–Trinajstić information content (AvgIpc) is 2.42. The fraction of sp³-hybridized carbons (Fsp3) is 0.867. The molecule has 1 saturated heterocycles. The molecule has 1 rings (SSSR count). The molecule has 1 aliphatic rings. The quantitative estimate of drug-likeness (QED) is 0.721. The summed E-state index contributed by atoms with van der Waals surface area (Å²) in [6, 6.07) is -0.282. The highest BCUT2D eigenvalue weighted by Gasteiger charge is 2.47. The maximum Gasteiger partial charge on any atom is 0.248 e. The van der Waals surface area contributed by atoms with Crippen LogP contribution < -0.4 is 5.32 Å². The molecule has 0 spiro atoms. The van der Waals surface area contributed by atoms with Crippen LogP contribution in [0.4, 0.5) is 0 Å². The normalized spacial score (nSPS) is 22.5. The number of amides is 2. The zero-order chi connectivity index (χ0) is 14.5. The zero-order valence-corrected chi connectivity index (χ0v) is 12.8. The van der Waals surface area contributed by atoms with Gasteiger partial charge in [-0.25, -0.2) is 0 Å². The van der Waals surface area contributed by atoms with Crippen LogP contribution in [0.3, 0.4) is 0 Å². The van der Waals surface area contributed by atoms with Gasteiger partial charge in [-0.05, 0) is 25.7 Å². The molecule has 1 heterocycles. The van der Waals surface area contributed by atoms with Gasteiger partial charge in [0.1, 0.15) is 11.6 Å². The van der Waals surface area contributed by atoms with Gasteiger partial charge in [-0.15, -0.1) is 0 Å². The number of hydrogen-bond acceptors (Lipinski definition) is 2. The summed E-state index contributed by atoms with van der Waals surface area (Å²) < 4.78 is 0. The van der Waals surface area contributed by atoms with Gasteiger partial charge in [0, 0.05) is 6.54 Å². The largest absolute Gasteiger partial charge is 0.340 e. The molecule has 0 aliphatic carbocycles. The predicted molar refractivity (Wildman–Crippen MR) is 76.8 cm³/mol. The van der Waals surface area contributed by atoms with Crippen molar-refractivity contribution in [2.24, 2.45) is 0 Å². The lowest BCUT2D eigenvalue weighted by molar-refractivity contribution is -0.155. The molecule has 19 heavy (non-hydrogen) atoms. The Bertz CT molecular complexity index is 324. The second-order valence-corrected chi connectivity index (χ2v) is 5.41. The molecule has 1 N–H and O–H groups in total. The fourth-order valence-electron chi connectivity index (χ4n) is 2.86. The molecule has 2 amide bonds. The number of piperazine rings is 1. The average molecular weight is 268 g/mol. The first-order valence-electron chi connectivity index (χ1n) is 7.69. The number of carbonyl (C=O) groups excluding carboxylic acids is 2. The first-order chi connectivity index (χ1) is 9.06. The summed E-state index contributed by atoms with van der Waals surface area (Å²) in [4.78, 5) is 26.8. The molecule has 0 aromatic carbocycles. The second kappa shape index (κ2) is 6.92. The van der Waals surface area contributed by atoms with E-state index in [0.717, 1.165) is 19.3 Å². The van der Waals surface area contributed by atoms with Gasteiger partial charge in [-0.3, -0.25) is 9.59 Å². The lowest BCUT2D eigenvalue weighted by atomic mass is 9.86. The lowest BCUT2D eigenvalue weighted by Gasteiger charge is -2.45. The number of rotatable bonds is 7. The Balaban J connectivity index is 2.92. The van der Waals surface area contributed by atoms with Gasteiger partial charge in [-0.1, -0.05) is 40.5 Å². The third kappa shape index (κ3) is 3.10. The minimum atomic E-state index is -0.672. The first-order valence-corrected chi connectivity index (χ1v) is 7.69. The fourth-order valence-corrected chi connectivity index (χ4v) is 2.86. The molecule has 0 aromatic heterocycles. The summed E-state index contributed by atoms with van der Waals surface area (Å²) in [7, 11) is 0. The lowest BCUT2D eigenvalue weighted by Crippen LogP contribution is -2.69. The van der Waals surface area contributed by atoms with Crippen LogP contribution in [0.2, 0.25) is 0 Å². The highest BCUT2D eigenvalue weighted by Crippen LogP contribution is 2.26. The van der Waals surface area contributed by atoms with Crippen molar-refractivity contribution in [3.63, 3.8) is 0 Å². The van der Waals surface area contributed by atoms with Crippen molar-refractivity contribution in [3.8, 4) is 0 Å². The van der Waals surface area contributed by atoms with Gasteiger partial charge in [-0.2, -0.15) is 0 Å². The number of unbranched alkanes of at least 4 members (excludes halogenated alkanes) is 2. The Morgan fingerprint density at radius 3 is 2.21 bits per heavy atom. The van der Waals surface area contributed by atoms with Crippen molar-refractivity contribution in [1.29, 1.82) is 0 Å². The highest BCUT2D eigenvalue weighted by molar-refractivity contribution is 5.99. The van der Waals surface area contributed by atoms with Crippen molar-refractivity contribution in [3.05, 3.63) is 0 Å². The molecule has 0 saturated carbocycles. The summed E-state index contributed by atoms with van der Waals surface area (Å²) in [6.45, 7) is 8.76. The van der Waals surface area contributed by atoms with E-state index in [1.54, 1.807) is 0 Å². The standard InChI is InChI=1S/C15H28N2O2/c1-5-9-10-11-17-12(6-2)13(18)16-15(7-3,8-4)14(17)19/h12H,5-11H2,1-4H3,(H,16,18). The van der Waals surface area contributed by atoms with Crippen LogP contribution >= 0.6 is 0 Å². The molecular weight excluding hydrogens is 240 g/mol. The van der Waals surface area contributed by atoms with Crippen LogP contribution in [0.15, 0.2) is 0 Å². The van der Waals surface area contributed by atoms with E-state index >= 15 is 0 Å². The van der Waals surface area contributed by atoms with E-state index < -0.39 is 5.54 Å². The Morgan fingerprint density at radius 2 is 1.74 bits per heavy atom. The van der Waals surface area contributed by atoms with Crippen molar-refractivity contribution in [2.75, 3.05) is 6.54 Å². The number of nitrogens with one attached hydrogen (secondary N) is 1. The molecule has 4 heteroatoms. The van der Waals surface area contributed by atoms with Crippen LogP contribution in [0.1, 0.15) is 66.2 Å². The van der Waals surface area contributed by atoms with Gasteiger partial charge < -0.3 is 10.2 Å². The molecule has 0 aromatic rings. The predicted octanol–water partition coefficient (Wildman–Crippen LogP) is 2.47. The monoisotopic (exact) mass is 268 g/mol. The van der Waals surface area contributed by atoms with Gasteiger partial charge in [0.2, 0.25) is 11.8 Å². The third-order valence-electron chi connectivity index (χ3n) is 4.31. The smallest absolute Gasteiger partial charge is 0.248 e. The molecule has 110 valence electrons. The zero-order valence-electron chi connectivity index (χ0n) is 12.8. The van der Waals surface area contributed by atoms with Crippen LogP contribution in [-0.4, -0.2) is 34.8 Å². The molecule has 0 bridgehead atoms. The third-order valence-corrected chi connectivity index (χ3v) is 4.31. The van der Waals surface area contributed by atoms with Crippen LogP contribution in [0.25, 0.3) is 0 Å². The van der Waals surface area contributed by atoms with E-state index in [1.165, 1.54) is 0 Å². The van der Waals surface area contributed by atoms with Crippen LogP contribution in [0.5, 0.6) is 0 Å². The van der Waals surface area contributed by atoms with E-state index in [4.69, 9.17) is 0 Å². The summed E-state index contributed by atoms with van der Waals surface area (Å²) in [5.41, 5.74) is -0.672. The minimum Gasteiger partial charge on any atom is -0.340 e. The molecule has 0 radical (unpaired) electrons. The topological polar surface area (TPSA) is 49.4 Å². The van der Waals surface area contributed by atoms with Gasteiger partial charge in [0.15, 0.2) is 0 Å². The Morgan fingerprint density at radius 1 is 1.11 bits per heavy atom. The summed E-state index contributed by atoms with van der Waals surface area (Å²) in [5, 5.41) is 2.97. The van der Waals surface area contributed by atoms with E-state index in [0.29, 0.717) is 25.8 Å². The number of carbonyl (C=O) groups is 2. The summed E-state index contributed by atoms with van der Waals surface area (Å²) in [5.74, 6) is 0.127. The highest BCUT2D eigenvalue weighted by atomic mass is 16.2. The van der Waals surface area contributed by atoms with E-state index in [1.807, 2.05) is 25.7 Å². The van der Waals surface area contributed by atoms with E-state index in [2.05, 4.69) is 12.2 Å². The van der Waals surface area contributed by atoms with Gasteiger partial charge in [0.25, 0.3) is 0 Å². The molecule has 4 nitrogen and oxygen atoms in total. The summed E-state index contributed by atoms with van der Waals surface area (Å²) >= 11 is 0. The number of hydrogen-bond donors (Lipinski definition) is 1. The maximum atomic E-state index is 12.7. The van der Waals surface area contributed by atoms with Crippen molar-refractivity contribution < 1.29 is 9.59 Å². The Kier molecular flexibility index (Phi) is 5.83. The molecule has 1 aliphatic heterocycles. The maximum absolute atomic E-state index is 12.7. The van der Waals surface area contributed by atoms with Crippen molar-refractivity contribution in [1.82, 2.24) is 10.2 Å². The van der Waals surface area contributed by atoms with Crippen LogP contribution in [-0.2, 0) is 9.59 Å². The van der Waals surface area contributed by atoms with Crippen molar-refractivity contribution in [2.45, 2.75) is 77.8 Å². The minimum absolute atomic E-state index is 0.0160. The Hall–Kier alpha value is -1.06.